The number of nitrogens with zero attached hydrogens (tertiary/aromatic N) is 4. The number of ketones is 1. The number of Topliss-reactive ketones (excluding diaryl/α,β-unsaturated/α-hetero) is 1. The van der Waals surface area contributed by atoms with E-state index >= 15 is 0 Å². The fraction of sp³-hybridized carbons (Fsp3) is 0.154. The molecular weight excluding hydrogens is 419 g/mol. The average molecular weight is 440 g/mol. The molecule has 6 nitrogen and oxygen atoms in total. The van der Waals surface area contributed by atoms with E-state index in [2.05, 4.69) is 10.1 Å². The summed E-state index contributed by atoms with van der Waals surface area (Å²) < 4.78 is 16.4. The van der Waals surface area contributed by atoms with Gasteiger partial charge in [0.05, 0.1) is 11.6 Å². The van der Waals surface area contributed by atoms with Gasteiger partial charge in [-0.25, -0.2) is 14.2 Å². The van der Waals surface area contributed by atoms with Crippen molar-refractivity contribution in [1.82, 2.24) is 19.2 Å². The van der Waals surface area contributed by atoms with Crippen molar-refractivity contribution in [3.63, 3.8) is 0 Å². The lowest BCUT2D eigenvalue weighted by Crippen LogP contribution is -2.33. The first-order valence-electron chi connectivity index (χ1n) is 10.6. The minimum atomic E-state index is -0.768. The molecule has 164 valence electrons. The van der Waals surface area contributed by atoms with Gasteiger partial charge in [-0.15, -0.1) is 5.10 Å². The molecule has 2 heterocycles. The van der Waals surface area contributed by atoms with Crippen LogP contribution in [0.25, 0.3) is 27.9 Å². The van der Waals surface area contributed by atoms with Crippen LogP contribution < -0.4 is 5.69 Å². The summed E-state index contributed by atoms with van der Waals surface area (Å²) in [4.78, 5) is 31.4. The molecule has 0 radical (unpaired) electrons. The van der Waals surface area contributed by atoms with Crippen molar-refractivity contribution in [1.29, 1.82) is 0 Å². The first-order valence-corrected chi connectivity index (χ1v) is 10.6. The van der Waals surface area contributed by atoms with E-state index < -0.39 is 17.5 Å². The van der Waals surface area contributed by atoms with Gasteiger partial charge in [0.15, 0.2) is 17.3 Å². The molecule has 0 amide bonds. The molecule has 2 aromatic heterocycles. The largest absolute Gasteiger partial charge is 0.351 e. The minimum absolute atomic E-state index is 0.171. The Morgan fingerprint density at radius 1 is 0.970 bits per heavy atom. The van der Waals surface area contributed by atoms with Crippen molar-refractivity contribution in [2.45, 2.75) is 26.8 Å². The summed E-state index contributed by atoms with van der Waals surface area (Å²) in [5, 5.41) is 5.04. The summed E-state index contributed by atoms with van der Waals surface area (Å²) in [6.07, 6.45) is 0. The standard InChI is InChI=1S/C26H21FN4O2/c1-15-11-12-18(13-16(15)2)23(32)17(3)30-22-10-5-4-9-21(22)25-28-24(29-31(25)26(30)33)19-7-6-8-20(27)14-19/h4-14,17H,1-3H3. The molecule has 3 aromatic carbocycles. The Bertz CT molecular complexity index is 1620. The Kier molecular flexibility index (Phi) is 4.89. The third-order valence-corrected chi connectivity index (χ3v) is 6.04. The van der Waals surface area contributed by atoms with Crippen molar-refractivity contribution < 1.29 is 9.18 Å². The van der Waals surface area contributed by atoms with Crippen LogP contribution in [-0.4, -0.2) is 24.9 Å². The van der Waals surface area contributed by atoms with Gasteiger partial charge in [0.25, 0.3) is 0 Å². The monoisotopic (exact) mass is 440 g/mol. The van der Waals surface area contributed by atoms with E-state index in [1.165, 1.54) is 21.2 Å². The second-order valence-corrected chi connectivity index (χ2v) is 8.19. The highest BCUT2D eigenvalue weighted by Gasteiger charge is 2.24. The van der Waals surface area contributed by atoms with Gasteiger partial charge in [-0.2, -0.15) is 4.52 Å². The van der Waals surface area contributed by atoms with Crippen LogP contribution in [0.15, 0.2) is 71.5 Å². The summed E-state index contributed by atoms with van der Waals surface area (Å²) in [6.45, 7) is 5.65. The van der Waals surface area contributed by atoms with Crippen LogP contribution in [0.1, 0.15) is 34.5 Å². The Morgan fingerprint density at radius 2 is 1.76 bits per heavy atom. The maximum Gasteiger partial charge on any atom is 0.351 e. The van der Waals surface area contributed by atoms with Crippen LogP contribution in [0, 0.1) is 19.7 Å². The van der Waals surface area contributed by atoms with E-state index in [-0.39, 0.29) is 11.6 Å². The van der Waals surface area contributed by atoms with Crippen LogP contribution in [0.3, 0.4) is 0 Å². The van der Waals surface area contributed by atoms with Crippen molar-refractivity contribution >= 4 is 22.3 Å². The molecule has 0 N–H and O–H groups in total. The van der Waals surface area contributed by atoms with Crippen molar-refractivity contribution in [3.05, 3.63) is 99.7 Å². The summed E-state index contributed by atoms with van der Waals surface area (Å²) in [7, 11) is 0. The number of hydrogen-bond donors (Lipinski definition) is 0. The van der Waals surface area contributed by atoms with Gasteiger partial charge < -0.3 is 0 Å². The molecule has 0 spiro atoms. The van der Waals surface area contributed by atoms with Gasteiger partial charge in [-0.3, -0.25) is 9.36 Å². The van der Waals surface area contributed by atoms with Gasteiger partial charge >= 0.3 is 5.69 Å². The van der Waals surface area contributed by atoms with Crippen LogP contribution in [0.2, 0.25) is 0 Å². The Hall–Kier alpha value is -4.13. The summed E-state index contributed by atoms with van der Waals surface area (Å²) in [5.41, 5.74) is 3.57. The van der Waals surface area contributed by atoms with Crippen LogP contribution in [-0.2, 0) is 0 Å². The first kappa shape index (κ1) is 20.8. The number of carbonyl (C=O) groups is 1. The van der Waals surface area contributed by atoms with Crippen LogP contribution in [0.4, 0.5) is 4.39 Å². The Balaban J connectivity index is 1.73. The van der Waals surface area contributed by atoms with Gasteiger partial charge in [0, 0.05) is 16.5 Å². The molecule has 33 heavy (non-hydrogen) atoms. The molecule has 0 saturated heterocycles. The number of para-hydroxylation sites is 1. The van der Waals surface area contributed by atoms with Gasteiger partial charge in [0.1, 0.15) is 5.82 Å². The van der Waals surface area contributed by atoms with Gasteiger partial charge in [-0.05, 0) is 62.2 Å². The number of aromatic nitrogens is 4. The zero-order chi connectivity index (χ0) is 23.3. The van der Waals surface area contributed by atoms with Crippen LogP contribution >= 0.6 is 0 Å². The SMILES string of the molecule is Cc1ccc(C(=O)C(C)n2c(=O)n3nc(-c4cccc(F)c4)nc3c3ccccc32)cc1C. The number of rotatable bonds is 4. The van der Waals surface area contributed by atoms with Gasteiger partial charge in [0.2, 0.25) is 0 Å². The zero-order valence-electron chi connectivity index (χ0n) is 18.4. The minimum Gasteiger partial charge on any atom is -0.292 e. The number of carbonyl (C=O) groups excluding carboxylic acids is 1. The molecule has 7 heteroatoms. The molecule has 0 aliphatic heterocycles. The van der Waals surface area contributed by atoms with Gasteiger partial charge in [-0.1, -0.05) is 36.4 Å². The third-order valence-electron chi connectivity index (χ3n) is 6.04. The Morgan fingerprint density at radius 3 is 2.52 bits per heavy atom. The molecule has 5 rings (SSSR count). The highest BCUT2D eigenvalue weighted by molar-refractivity contribution is 6.00. The highest BCUT2D eigenvalue weighted by atomic mass is 19.1. The predicted molar refractivity (Wildman–Crippen MR) is 125 cm³/mol. The lowest BCUT2D eigenvalue weighted by atomic mass is 10.00. The molecular formula is C26H21FN4O2. The molecule has 1 atom stereocenters. The van der Waals surface area contributed by atoms with Crippen molar-refractivity contribution in [2.24, 2.45) is 0 Å². The van der Waals surface area contributed by atoms with E-state index in [1.54, 1.807) is 31.2 Å². The zero-order valence-corrected chi connectivity index (χ0v) is 18.4. The maximum atomic E-state index is 13.7. The molecule has 5 aromatic rings. The molecule has 0 bridgehead atoms. The van der Waals surface area contributed by atoms with E-state index in [1.807, 2.05) is 44.2 Å². The summed E-state index contributed by atoms with van der Waals surface area (Å²) >= 11 is 0. The molecule has 0 fully saturated rings. The average Bonchev–Trinajstić information content (AvgIpc) is 3.27. The second-order valence-electron chi connectivity index (χ2n) is 8.19. The summed E-state index contributed by atoms with van der Waals surface area (Å²) in [6, 6.07) is 17.9. The smallest absolute Gasteiger partial charge is 0.292 e. The van der Waals surface area contributed by atoms with E-state index in [0.717, 1.165) is 11.1 Å². The molecule has 0 aliphatic carbocycles. The van der Waals surface area contributed by atoms with E-state index in [4.69, 9.17) is 0 Å². The second kappa shape index (κ2) is 7.78. The number of benzene rings is 3. The molecule has 0 saturated carbocycles. The Labute approximate surface area is 188 Å². The normalized spacial score (nSPS) is 12.4. The lowest BCUT2D eigenvalue weighted by molar-refractivity contribution is 0.0934. The van der Waals surface area contributed by atoms with E-state index in [9.17, 15) is 14.0 Å². The lowest BCUT2D eigenvalue weighted by Gasteiger charge is -2.17. The number of hydrogen-bond acceptors (Lipinski definition) is 4. The van der Waals surface area contributed by atoms with Crippen molar-refractivity contribution in [2.75, 3.05) is 0 Å². The fourth-order valence-corrected chi connectivity index (χ4v) is 4.07. The highest BCUT2D eigenvalue weighted by Crippen LogP contribution is 2.25. The quantitative estimate of drug-likeness (QED) is 0.372. The maximum absolute atomic E-state index is 13.7. The van der Waals surface area contributed by atoms with Crippen LogP contribution in [0.5, 0.6) is 0 Å². The van der Waals surface area contributed by atoms with E-state index in [0.29, 0.717) is 27.7 Å². The number of fused-ring (bicyclic) bond motifs is 3. The fourth-order valence-electron chi connectivity index (χ4n) is 4.07. The number of halogens is 1. The summed E-state index contributed by atoms with van der Waals surface area (Å²) in [5.74, 6) is -0.348. The molecule has 1 unspecified atom stereocenters. The predicted octanol–water partition coefficient (Wildman–Crippen LogP) is 4.91. The van der Waals surface area contributed by atoms with Crippen molar-refractivity contribution in [3.8, 4) is 11.4 Å². The third kappa shape index (κ3) is 3.42. The topological polar surface area (TPSA) is 69.3 Å². The molecule has 0 aliphatic rings. The number of aryl methyl sites for hydroxylation is 2. The first-order chi connectivity index (χ1) is 15.8.